The van der Waals surface area contributed by atoms with Gasteiger partial charge in [0.1, 0.15) is 29.4 Å². The van der Waals surface area contributed by atoms with Gasteiger partial charge in [-0.25, -0.2) is 18.0 Å². The molecule has 39 heavy (non-hydrogen) atoms. The minimum Gasteiger partial charge on any atom is -0.493 e. The molecular weight excluding hydrogens is 511 g/mol. The summed E-state index contributed by atoms with van der Waals surface area (Å²) in [6, 6.07) is 9.29. The number of benzene rings is 2. The molecule has 1 N–H and O–H groups in total. The Kier molecular flexibility index (Phi) is 8.50. The molecule has 0 radical (unpaired) electrons. The topological polar surface area (TPSA) is 93.9 Å². The molecule has 2 aromatic rings. The third kappa shape index (κ3) is 6.71. The molecule has 2 aliphatic rings. The van der Waals surface area contributed by atoms with E-state index in [4.69, 9.17) is 4.74 Å². The maximum Gasteiger partial charge on any atom is 0.326 e. The molecule has 2 aliphatic heterocycles. The van der Waals surface area contributed by atoms with E-state index < -0.39 is 47.7 Å². The highest BCUT2D eigenvalue weighted by atomic mass is 19.1. The zero-order valence-electron chi connectivity index (χ0n) is 22.0. The SMILES string of the molecule is CC(C)(F)CN1CCC(COc2ccc(-c3cccc(F)c3C(=O)N3C[C@@H](F)C[C@H]3C(=O)O)c(C#N)c2)CC1. The van der Waals surface area contributed by atoms with Crippen LogP contribution in [0.3, 0.4) is 0 Å². The minimum absolute atomic E-state index is 0.109. The quantitative estimate of drug-likeness (QED) is 0.512. The molecule has 208 valence electrons. The van der Waals surface area contributed by atoms with Gasteiger partial charge < -0.3 is 19.6 Å². The maximum atomic E-state index is 15.0. The fraction of sp³-hybridized carbons (Fsp3) is 0.483. The van der Waals surface area contributed by atoms with Crippen molar-refractivity contribution < 1.29 is 32.6 Å². The van der Waals surface area contributed by atoms with Crippen LogP contribution in [0.4, 0.5) is 13.2 Å². The number of piperidine rings is 1. The van der Waals surface area contributed by atoms with E-state index in [0.29, 0.717) is 18.9 Å². The summed E-state index contributed by atoms with van der Waals surface area (Å²) >= 11 is 0. The van der Waals surface area contributed by atoms with E-state index >= 15 is 4.39 Å². The van der Waals surface area contributed by atoms with Crippen LogP contribution >= 0.6 is 0 Å². The molecule has 0 aromatic heterocycles. The highest BCUT2D eigenvalue weighted by Gasteiger charge is 2.41. The van der Waals surface area contributed by atoms with Crippen molar-refractivity contribution in [2.45, 2.75) is 51.0 Å². The third-order valence-corrected chi connectivity index (χ3v) is 7.22. The zero-order valence-corrected chi connectivity index (χ0v) is 22.0. The molecule has 10 heteroatoms. The van der Waals surface area contributed by atoms with E-state index in [1.165, 1.54) is 18.2 Å². The number of amides is 1. The standard InChI is InChI=1S/C29H32F3N3O4/c1-29(2,32)17-34-10-8-18(9-11-34)16-39-21-6-7-22(19(12-21)14-33)23-4-3-5-24(31)26(23)27(36)35-15-20(30)13-25(35)28(37)38/h3-7,12,18,20,25H,8-11,13,15-17H2,1-2H3,(H,37,38)/t20-,25-/m0/s1. The second-order valence-corrected chi connectivity index (χ2v) is 10.9. The number of ether oxygens (including phenoxy) is 1. The van der Waals surface area contributed by atoms with Gasteiger partial charge in [0.15, 0.2) is 0 Å². The van der Waals surface area contributed by atoms with Crippen LogP contribution in [0.1, 0.15) is 49.0 Å². The third-order valence-electron chi connectivity index (χ3n) is 7.22. The molecule has 2 fully saturated rings. The number of aliphatic carboxylic acids is 1. The van der Waals surface area contributed by atoms with Crippen molar-refractivity contribution in [2.24, 2.45) is 5.92 Å². The number of carbonyl (C=O) groups is 2. The van der Waals surface area contributed by atoms with Gasteiger partial charge in [-0.3, -0.25) is 4.79 Å². The molecule has 0 bridgehead atoms. The summed E-state index contributed by atoms with van der Waals surface area (Å²) in [4.78, 5) is 27.8. The molecule has 7 nitrogen and oxygen atoms in total. The number of carboxylic acid groups (broad SMARTS) is 1. The number of hydrogen-bond donors (Lipinski definition) is 1. The van der Waals surface area contributed by atoms with Gasteiger partial charge in [-0.05, 0) is 75.5 Å². The van der Waals surface area contributed by atoms with Crippen LogP contribution in [0.15, 0.2) is 36.4 Å². The molecule has 2 aromatic carbocycles. The van der Waals surface area contributed by atoms with E-state index in [1.54, 1.807) is 26.0 Å². The Labute approximate surface area is 225 Å². The van der Waals surface area contributed by atoms with Crippen molar-refractivity contribution in [3.05, 3.63) is 53.3 Å². The van der Waals surface area contributed by atoms with Crippen LogP contribution in [0.2, 0.25) is 0 Å². The normalized spacial score (nSPS) is 20.6. The number of halogens is 3. The van der Waals surface area contributed by atoms with Crippen molar-refractivity contribution in [1.82, 2.24) is 9.80 Å². The average molecular weight is 544 g/mol. The Hall–Kier alpha value is -3.58. The van der Waals surface area contributed by atoms with E-state index in [0.717, 1.165) is 36.9 Å². The predicted octanol–water partition coefficient (Wildman–Crippen LogP) is 4.84. The van der Waals surface area contributed by atoms with Crippen LogP contribution in [0.25, 0.3) is 11.1 Å². The van der Waals surface area contributed by atoms with Gasteiger partial charge in [0.05, 0.1) is 30.3 Å². The number of likely N-dealkylation sites (tertiary alicyclic amines) is 2. The summed E-state index contributed by atoms with van der Waals surface area (Å²) in [6.45, 7) is 5.07. The predicted molar refractivity (Wildman–Crippen MR) is 138 cm³/mol. The number of rotatable bonds is 8. The monoisotopic (exact) mass is 543 g/mol. The van der Waals surface area contributed by atoms with Crippen molar-refractivity contribution in [3.8, 4) is 22.9 Å². The van der Waals surface area contributed by atoms with Gasteiger partial charge in [-0.1, -0.05) is 12.1 Å². The minimum atomic E-state index is -1.53. The van der Waals surface area contributed by atoms with Crippen molar-refractivity contribution in [1.29, 1.82) is 5.26 Å². The summed E-state index contributed by atoms with van der Waals surface area (Å²) in [6.07, 6.45) is -0.171. The average Bonchev–Trinajstić information content (AvgIpc) is 3.29. The lowest BCUT2D eigenvalue weighted by atomic mass is 9.94. The molecule has 2 heterocycles. The van der Waals surface area contributed by atoms with Gasteiger partial charge in [0, 0.05) is 18.5 Å². The Morgan fingerprint density at radius 2 is 1.90 bits per heavy atom. The van der Waals surface area contributed by atoms with Gasteiger partial charge in [-0.15, -0.1) is 0 Å². The summed E-state index contributed by atoms with van der Waals surface area (Å²) in [5, 5.41) is 19.3. The Balaban J connectivity index is 1.51. The summed E-state index contributed by atoms with van der Waals surface area (Å²) < 4.78 is 48.9. The van der Waals surface area contributed by atoms with Gasteiger partial charge in [0.25, 0.3) is 5.91 Å². The number of hydrogen-bond acceptors (Lipinski definition) is 5. The lowest BCUT2D eigenvalue weighted by Crippen LogP contribution is -2.41. The number of carboxylic acids is 1. The summed E-state index contributed by atoms with van der Waals surface area (Å²) in [5.41, 5.74) is -1.12. The largest absolute Gasteiger partial charge is 0.493 e. The van der Waals surface area contributed by atoms with E-state index in [9.17, 15) is 28.7 Å². The fourth-order valence-corrected chi connectivity index (χ4v) is 5.35. The lowest BCUT2D eigenvalue weighted by Gasteiger charge is -2.34. The number of nitriles is 1. The molecule has 1 amide bonds. The second-order valence-electron chi connectivity index (χ2n) is 10.9. The smallest absolute Gasteiger partial charge is 0.326 e. The molecule has 0 spiro atoms. The maximum absolute atomic E-state index is 15.0. The fourth-order valence-electron chi connectivity index (χ4n) is 5.35. The number of nitrogens with zero attached hydrogens (tertiary/aromatic N) is 3. The van der Waals surface area contributed by atoms with E-state index in [-0.39, 0.29) is 29.0 Å². The number of carbonyl (C=O) groups excluding carboxylic acids is 1. The van der Waals surface area contributed by atoms with Gasteiger partial charge >= 0.3 is 5.97 Å². The lowest BCUT2D eigenvalue weighted by molar-refractivity contribution is -0.141. The van der Waals surface area contributed by atoms with Crippen LogP contribution in [-0.2, 0) is 4.79 Å². The van der Waals surface area contributed by atoms with E-state index in [2.05, 4.69) is 11.0 Å². The summed E-state index contributed by atoms with van der Waals surface area (Å²) in [5.74, 6) is -2.48. The van der Waals surface area contributed by atoms with Crippen LogP contribution in [-0.4, -0.2) is 77.5 Å². The van der Waals surface area contributed by atoms with Crippen molar-refractivity contribution in [2.75, 3.05) is 32.8 Å². The summed E-state index contributed by atoms with van der Waals surface area (Å²) in [7, 11) is 0. The Bertz CT molecular complexity index is 1270. The number of alkyl halides is 2. The first-order chi connectivity index (χ1) is 18.5. The molecule has 0 aliphatic carbocycles. The molecule has 2 saturated heterocycles. The molecule has 0 saturated carbocycles. The molecular formula is C29H32F3N3O4. The first-order valence-corrected chi connectivity index (χ1v) is 13.0. The molecule has 2 atom stereocenters. The highest BCUT2D eigenvalue weighted by molar-refractivity contribution is 6.03. The van der Waals surface area contributed by atoms with Gasteiger partial charge in [-0.2, -0.15) is 5.26 Å². The van der Waals surface area contributed by atoms with Crippen LogP contribution in [0.5, 0.6) is 5.75 Å². The first-order valence-electron chi connectivity index (χ1n) is 13.0. The van der Waals surface area contributed by atoms with Crippen LogP contribution in [0, 0.1) is 23.1 Å². The van der Waals surface area contributed by atoms with E-state index in [1.807, 2.05) is 0 Å². The van der Waals surface area contributed by atoms with Crippen molar-refractivity contribution in [3.63, 3.8) is 0 Å². The molecule has 4 rings (SSSR count). The van der Waals surface area contributed by atoms with Crippen molar-refractivity contribution >= 4 is 11.9 Å². The van der Waals surface area contributed by atoms with Gasteiger partial charge in [0.2, 0.25) is 0 Å². The Morgan fingerprint density at radius 3 is 2.54 bits per heavy atom. The Morgan fingerprint density at radius 1 is 1.18 bits per heavy atom. The first kappa shape index (κ1) is 28.4. The molecule has 0 unspecified atom stereocenters. The van der Waals surface area contributed by atoms with Crippen LogP contribution < -0.4 is 4.74 Å². The zero-order chi connectivity index (χ0) is 28.3. The highest BCUT2D eigenvalue weighted by Crippen LogP contribution is 2.34. The second kappa shape index (κ2) is 11.7.